The maximum atomic E-state index is 12.6. The van der Waals surface area contributed by atoms with Crippen molar-refractivity contribution in [1.82, 2.24) is 5.32 Å². The van der Waals surface area contributed by atoms with Gasteiger partial charge in [-0.2, -0.15) is 0 Å². The lowest BCUT2D eigenvalue weighted by atomic mass is 9.72. The molecular weight excluding hydrogens is 278 g/mol. The molecule has 22 heavy (non-hydrogen) atoms. The average Bonchev–Trinajstić information content (AvgIpc) is 2.41. The van der Waals surface area contributed by atoms with Crippen LogP contribution in [0.15, 0.2) is 18.2 Å². The normalized spacial score (nSPS) is 14.1. The lowest BCUT2D eigenvalue weighted by molar-refractivity contribution is -0.133. The van der Waals surface area contributed by atoms with Crippen LogP contribution in [0.4, 0.5) is 0 Å². The van der Waals surface area contributed by atoms with Gasteiger partial charge in [-0.1, -0.05) is 40.7 Å². The second kappa shape index (κ2) is 7.52. The topological polar surface area (TPSA) is 69.6 Å². The van der Waals surface area contributed by atoms with Gasteiger partial charge in [-0.15, -0.1) is 0 Å². The number of hydrogen-bond donors (Lipinski definition) is 3. The standard InChI is InChI=1S/C18H29NO3/c1-12(2)11-18(5,13(3)4)17(22)19-9-8-14-6-7-15(20)16(21)10-14/h6-7,10,12-13,20-21H,8-9,11H2,1-5H3,(H,19,22). The lowest BCUT2D eigenvalue weighted by Crippen LogP contribution is -2.44. The van der Waals surface area contributed by atoms with Gasteiger partial charge in [0.15, 0.2) is 11.5 Å². The number of rotatable bonds is 7. The molecule has 0 spiro atoms. The van der Waals surface area contributed by atoms with Crippen LogP contribution >= 0.6 is 0 Å². The molecule has 0 saturated heterocycles. The van der Waals surface area contributed by atoms with E-state index in [-0.39, 0.29) is 28.7 Å². The van der Waals surface area contributed by atoms with Crippen molar-refractivity contribution in [2.45, 2.75) is 47.5 Å². The molecule has 0 aliphatic heterocycles. The van der Waals surface area contributed by atoms with E-state index in [0.29, 0.717) is 18.9 Å². The number of phenols is 2. The highest BCUT2D eigenvalue weighted by Gasteiger charge is 2.36. The Labute approximate surface area is 133 Å². The first-order valence-electron chi connectivity index (χ1n) is 7.96. The molecule has 0 bridgehead atoms. The van der Waals surface area contributed by atoms with E-state index in [1.54, 1.807) is 6.07 Å². The molecule has 0 saturated carbocycles. The maximum Gasteiger partial charge on any atom is 0.226 e. The summed E-state index contributed by atoms with van der Waals surface area (Å²) >= 11 is 0. The van der Waals surface area contributed by atoms with E-state index in [0.717, 1.165) is 12.0 Å². The molecule has 3 N–H and O–H groups in total. The number of carbonyl (C=O) groups excluding carboxylic acids is 1. The Morgan fingerprint density at radius 1 is 1.18 bits per heavy atom. The molecule has 0 aliphatic rings. The molecule has 1 atom stereocenters. The molecule has 0 heterocycles. The molecule has 4 nitrogen and oxygen atoms in total. The van der Waals surface area contributed by atoms with Gasteiger partial charge < -0.3 is 15.5 Å². The fourth-order valence-corrected chi connectivity index (χ4v) is 2.69. The molecule has 0 aliphatic carbocycles. The minimum absolute atomic E-state index is 0.0826. The Hall–Kier alpha value is -1.71. The van der Waals surface area contributed by atoms with E-state index < -0.39 is 0 Å². The van der Waals surface area contributed by atoms with Gasteiger partial charge >= 0.3 is 0 Å². The largest absolute Gasteiger partial charge is 0.504 e. The molecule has 0 radical (unpaired) electrons. The summed E-state index contributed by atoms with van der Waals surface area (Å²) < 4.78 is 0. The van der Waals surface area contributed by atoms with Gasteiger partial charge in [-0.05, 0) is 42.4 Å². The highest BCUT2D eigenvalue weighted by Crippen LogP contribution is 2.34. The van der Waals surface area contributed by atoms with Crippen molar-refractivity contribution >= 4 is 5.91 Å². The minimum Gasteiger partial charge on any atom is -0.504 e. The Morgan fingerprint density at radius 3 is 2.32 bits per heavy atom. The molecule has 1 unspecified atom stereocenters. The van der Waals surface area contributed by atoms with Gasteiger partial charge in [0.2, 0.25) is 5.91 Å². The van der Waals surface area contributed by atoms with Crippen molar-refractivity contribution in [3.05, 3.63) is 23.8 Å². The van der Waals surface area contributed by atoms with E-state index in [4.69, 9.17) is 0 Å². The monoisotopic (exact) mass is 307 g/mol. The van der Waals surface area contributed by atoms with E-state index in [1.807, 2.05) is 6.92 Å². The van der Waals surface area contributed by atoms with Crippen molar-refractivity contribution < 1.29 is 15.0 Å². The van der Waals surface area contributed by atoms with Crippen LogP contribution in [0.3, 0.4) is 0 Å². The van der Waals surface area contributed by atoms with Crippen molar-refractivity contribution in [3.8, 4) is 11.5 Å². The number of hydrogen-bond acceptors (Lipinski definition) is 3. The van der Waals surface area contributed by atoms with Crippen LogP contribution in [-0.2, 0) is 11.2 Å². The fourth-order valence-electron chi connectivity index (χ4n) is 2.69. The van der Waals surface area contributed by atoms with Crippen molar-refractivity contribution in [3.63, 3.8) is 0 Å². The summed E-state index contributed by atoms with van der Waals surface area (Å²) in [6.45, 7) is 11.0. The van der Waals surface area contributed by atoms with Gasteiger partial charge in [0.1, 0.15) is 0 Å². The Balaban J connectivity index is 2.61. The van der Waals surface area contributed by atoms with Crippen molar-refractivity contribution in [2.24, 2.45) is 17.3 Å². The Morgan fingerprint density at radius 2 is 1.82 bits per heavy atom. The number of aromatic hydroxyl groups is 2. The molecule has 0 aromatic heterocycles. The van der Waals surface area contributed by atoms with Crippen LogP contribution in [0.2, 0.25) is 0 Å². The van der Waals surface area contributed by atoms with Gasteiger partial charge in [-0.3, -0.25) is 4.79 Å². The molecule has 1 aromatic carbocycles. The van der Waals surface area contributed by atoms with Crippen LogP contribution in [-0.4, -0.2) is 22.7 Å². The number of nitrogens with one attached hydrogen (secondary N) is 1. The molecule has 124 valence electrons. The summed E-state index contributed by atoms with van der Waals surface area (Å²) in [6.07, 6.45) is 1.48. The van der Waals surface area contributed by atoms with E-state index in [1.165, 1.54) is 12.1 Å². The van der Waals surface area contributed by atoms with Crippen molar-refractivity contribution in [1.29, 1.82) is 0 Å². The second-order valence-corrected chi connectivity index (χ2v) is 7.00. The molecule has 1 aromatic rings. The summed E-state index contributed by atoms with van der Waals surface area (Å²) in [5, 5.41) is 21.8. The predicted molar refractivity (Wildman–Crippen MR) is 88.9 cm³/mol. The molecule has 0 fully saturated rings. The molecule has 1 amide bonds. The number of amides is 1. The van der Waals surface area contributed by atoms with Gasteiger partial charge in [-0.25, -0.2) is 0 Å². The molecular formula is C18H29NO3. The SMILES string of the molecule is CC(C)CC(C)(C(=O)NCCc1ccc(O)c(O)c1)C(C)C. The number of benzene rings is 1. The third kappa shape index (κ3) is 4.65. The van der Waals surface area contributed by atoms with E-state index in [9.17, 15) is 15.0 Å². The van der Waals surface area contributed by atoms with E-state index >= 15 is 0 Å². The lowest BCUT2D eigenvalue weighted by Gasteiger charge is -2.34. The highest BCUT2D eigenvalue weighted by molar-refractivity contribution is 5.82. The molecule has 1 rings (SSSR count). The zero-order valence-corrected chi connectivity index (χ0v) is 14.3. The van der Waals surface area contributed by atoms with E-state index in [2.05, 4.69) is 33.0 Å². The van der Waals surface area contributed by atoms with Gasteiger partial charge in [0, 0.05) is 12.0 Å². The first-order chi connectivity index (χ1) is 10.2. The van der Waals surface area contributed by atoms with Gasteiger partial charge in [0.05, 0.1) is 0 Å². The zero-order valence-electron chi connectivity index (χ0n) is 14.3. The quantitative estimate of drug-likeness (QED) is 0.676. The third-order valence-corrected chi connectivity index (χ3v) is 4.36. The maximum absolute atomic E-state index is 12.6. The minimum atomic E-state index is -0.370. The van der Waals surface area contributed by atoms with Crippen LogP contribution in [0.1, 0.15) is 46.6 Å². The zero-order chi connectivity index (χ0) is 16.9. The number of phenolic OH excluding ortho intramolecular Hbond substituents is 2. The highest BCUT2D eigenvalue weighted by atomic mass is 16.3. The predicted octanol–water partition coefficient (Wildman–Crippen LogP) is 3.46. The molecule has 4 heteroatoms. The summed E-state index contributed by atoms with van der Waals surface area (Å²) in [7, 11) is 0. The summed E-state index contributed by atoms with van der Waals surface area (Å²) in [5.41, 5.74) is 0.511. The Bertz CT molecular complexity index is 511. The second-order valence-electron chi connectivity index (χ2n) is 7.00. The summed E-state index contributed by atoms with van der Waals surface area (Å²) in [6, 6.07) is 4.73. The smallest absolute Gasteiger partial charge is 0.226 e. The first-order valence-corrected chi connectivity index (χ1v) is 7.96. The van der Waals surface area contributed by atoms with Crippen molar-refractivity contribution in [2.75, 3.05) is 6.54 Å². The third-order valence-electron chi connectivity index (χ3n) is 4.36. The number of carbonyl (C=O) groups is 1. The van der Waals surface area contributed by atoms with Crippen LogP contribution < -0.4 is 5.32 Å². The summed E-state index contributed by atoms with van der Waals surface area (Å²) in [5.74, 6) is 0.562. The summed E-state index contributed by atoms with van der Waals surface area (Å²) in [4.78, 5) is 12.6. The first kappa shape index (κ1) is 18.3. The van der Waals surface area contributed by atoms with Crippen LogP contribution in [0, 0.1) is 17.3 Å². The average molecular weight is 307 g/mol. The Kier molecular flexibility index (Phi) is 6.27. The van der Waals surface area contributed by atoms with Crippen LogP contribution in [0.5, 0.6) is 11.5 Å². The fraction of sp³-hybridized carbons (Fsp3) is 0.611. The van der Waals surface area contributed by atoms with Crippen LogP contribution in [0.25, 0.3) is 0 Å². The van der Waals surface area contributed by atoms with Gasteiger partial charge in [0.25, 0.3) is 0 Å².